The van der Waals surface area contributed by atoms with E-state index in [0.29, 0.717) is 5.82 Å². The summed E-state index contributed by atoms with van der Waals surface area (Å²) in [5.41, 5.74) is 5.34. The zero-order chi connectivity index (χ0) is 6.41. The Kier molecular flexibility index (Phi) is 4.26. The monoisotopic (exact) mass is 130 g/mol. The molecule has 0 saturated carbocycles. The Morgan fingerprint density at radius 1 is 1.88 bits per heavy atom. The number of thioether (sulfide) groups is 1. The topological polar surface area (TPSA) is 38.0 Å². The predicted octanol–water partition coefficient (Wildman–Crippen LogP) is 0.840. The molecule has 0 heterocycles. The fourth-order valence-corrected chi connectivity index (χ4v) is 0.541. The van der Waals surface area contributed by atoms with E-state index in [1.54, 1.807) is 17.9 Å². The van der Waals surface area contributed by atoms with Crippen molar-refractivity contribution in [2.24, 2.45) is 5.73 Å². The molecular weight excluding hydrogens is 120 g/mol. The molecule has 0 aliphatic heterocycles. The zero-order valence-electron chi connectivity index (χ0n) is 4.85. The number of hydrogen-bond donors (Lipinski definition) is 2. The Labute approximate surface area is 53.8 Å². The lowest BCUT2D eigenvalue weighted by atomic mass is 10.8. The fourth-order valence-electron chi connectivity index (χ4n) is 0.180. The van der Waals surface area contributed by atoms with E-state index in [0.717, 1.165) is 0 Å². The van der Waals surface area contributed by atoms with E-state index >= 15 is 0 Å². The molecule has 0 saturated heterocycles. The highest BCUT2D eigenvalue weighted by Gasteiger charge is 1.76. The highest BCUT2D eigenvalue weighted by atomic mass is 32.2. The van der Waals surface area contributed by atoms with Crippen molar-refractivity contribution in [2.45, 2.75) is 0 Å². The smallest absolute Gasteiger partial charge is 0.103 e. The summed E-state index contributed by atoms with van der Waals surface area (Å²) in [4.78, 5) is 0. The van der Waals surface area contributed by atoms with E-state index in [4.69, 9.17) is 5.73 Å². The van der Waals surface area contributed by atoms with Gasteiger partial charge >= 0.3 is 0 Å². The van der Waals surface area contributed by atoms with Crippen LogP contribution >= 0.6 is 11.8 Å². The number of hydrogen-bond acceptors (Lipinski definition) is 3. The summed E-state index contributed by atoms with van der Waals surface area (Å²) in [6, 6.07) is 0. The van der Waals surface area contributed by atoms with E-state index in [9.17, 15) is 0 Å². The minimum atomic E-state index is 0.662. The lowest BCUT2D eigenvalue weighted by Crippen LogP contribution is -2.13. The van der Waals surface area contributed by atoms with Crippen molar-refractivity contribution in [2.75, 3.05) is 7.05 Å². The second-order valence-electron chi connectivity index (χ2n) is 1.13. The first-order valence-electron chi connectivity index (χ1n) is 2.21. The maximum Gasteiger partial charge on any atom is 0.103 e. The van der Waals surface area contributed by atoms with E-state index in [1.165, 1.54) is 11.8 Å². The van der Waals surface area contributed by atoms with Gasteiger partial charge in [0.05, 0.1) is 0 Å². The predicted molar refractivity (Wildman–Crippen MR) is 39.1 cm³/mol. The van der Waals surface area contributed by atoms with Crippen LogP contribution in [0, 0.1) is 0 Å². The lowest BCUT2D eigenvalue weighted by molar-refractivity contribution is 0.971. The van der Waals surface area contributed by atoms with Gasteiger partial charge in [0, 0.05) is 12.5 Å². The van der Waals surface area contributed by atoms with Crippen LogP contribution in [0.15, 0.2) is 23.2 Å². The highest BCUT2D eigenvalue weighted by Crippen LogP contribution is 2.01. The third-order valence-corrected chi connectivity index (χ3v) is 1.16. The third-order valence-electron chi connectivity index (χ3n) is 0.580. The van der Waals surface area contributed by atoms with Crippen LogP contribution in [0.4, 0.5) is 0 Å². The lowest BCUT2D eigenvalue weighted by Gasteiger charge is -1.94. The minimum absolute atomic E-state index is 0.662. The maximum absolute atomic E-state index is 5.34. The Morgan fingerprint density at radius 2 is 2.50 bits per heavy atom. The van der Waals surface area contributed by atoms with Crippen LogP contribution in [-0.2, 0) is 0 Å². The van der Waals surface area contributed by atoms with Crippen LogP contribution in [0.3, 0.4) is 0 Å². The average molecular weight is 130 g/mol. The van der Waals surface area contributed by atoms with Gasteiger partial charge in [-0.25, -0.2) is 0 Å². The molecule has 0 amide bonds. The maximum atomic E-state index is 5.34. The zero-order valence-corrected chi connectivity index (χ0v) is 5.66. The summed E-state index contributed by atoms with van der Waals surface area (Å²) in [6.07, 6.45) is 0. The van der Waals surface area contributed by atoms with E-state index < -0.39 is 0 Å². The molecule has 0 radical (unpaired) electrons. The van der Waals surface area contributed by atoms with Crippen molar-refractivity contribution in [3.63, 3.8) is 0 Å². The molecular formula is C5H10N2S. The van der Waals surface area contributed by atoms with E-state index in [-0.39, 0.29) is 0 Å². The molecule has 0 rings (SSSR count). The summed E-state index contributed by atoms with van der Waals surface area (Å²) in [7, 11) is 1.77. The quantitative estimate of drug-likeness (QED) is 0.594. The molecule has 3 N–H and O–H groups in total. The van der Waals surface area contributed by atoms with Crippen LogP contribution < -0.4 is 11.1 Å². The normalized spacial score (nSPS) is 10.9. The highest BCUT2D eigenvalue weighted by molar-refractivity contribution is 8.04. The van der Waals surface area contributed by atoms with Gasteiger partial charge in [0.1, 0.15) is 5.82 Å². The van der Waals surface area contributed by atoms with E-state index in [2.05, 4.69) is 11.9 Å². The van der Waals surface area contributed by atoms with Gasteiger partial charge in [-0.2, -0.15) is 0 Å². The molecule has 0 aliphatic rings. The SMILES string of the molecule is C=CS/C=C(/N)NC. The minimum Gasteiger partial charge on any atom is -0.385 e. The molecule has 0 aromatic rings. The molecule has 3 heteroatoms. The molecule has 0 aliphatic carbocycles. The molecule has 0 atom stereocenters. The van der Waals surface area contributed by atoms with Gasteiger partial charge in [0.15, 0.2) is 0 Å². The number of nitrogens with one attached hydrogen (secondary N) is 1. The Morgan fingerprint density at radius 3 is 2.88 bits per heavy atom. The van der Waals surface area contributed by atoms with Gasteiger partial charge in [-0.15, -0.1) is 11.8 Å². The summed E-state index contributed by atoms with van der Waals surface area (Å²) in [5, 5.41) is 6.27. The Balaban J connectivity index is 3.40. The van der Waals surface area contributed by atoms with Crippen LogP contribution in [-0.4, -0.2) is 7.05 Å². The summed E-state index contributed by atoms with van der Waals surface area (Å²) in [5.74, 6) is 0.662. The summed E-state index contributed by atoms with van der Waals surface area (Å²) in [6.45, 7) is 3.50. The van der Waals surface area contributed by atoms with Crippen LogP contribution in [0.5, 0.6) is 0 Å². The van der Waals surface area contributed by atoms with Crippen LogP contribution in [0.25, 0.3) is 0 Å². The molecule has 0 aromatic carbocycles. The van der Waals surface area contributed by atoms with Gasteiger partial charge < -0.3 is 11.1 Å². The van der Waals surface area contributed by atoms with Crippen LogP contribution in [0.2, 0.25) is 0 Å². The third kappa shape index (κ3) is 3.61. The van der Waals surface area contributed by atoms with Gasteiger partial charge in [-0.1, -0.05) is 6.58 Å². The molecule has 0 unspecified atom stereocenters. The van der Waals surface area contributed by atoms with Gasteiger partial charge in [0.2, 0.25) is 0 Å². The van der Waals surface area contributed by atoms with Crippen molar-refractivity contribution in [3.8, 4) is 0 Å². The molecule has 0 spiro atoms. The van der Waals surface area contributed by atoms with Gasteiger partial charge in [-0.3, -0.25) is 0 Å². The van der Waals surface area contributed by atoms with Crippen molar-refractivity contribution >= 4 is 11.8 Å². The molecule has 2 nitrogen and oxygen atoms in total. The fraction of sp³-hybridized carbons (Fsp3) is 0.200. The molecule has 46 valence electrons. The van der Waals surface area contributed by atoms with Crippen molar-refractivity contribution < 1.29 is 0 Å². The number of rotatable bonds is 3. The van der Waals surface area contributed by atoms with E-state index in [1.807, 2.05) is 0 Å². The standard InChI is InChI=1S/C5H10N2S/c1-3-8-4-5(6)7-2/h3-4,7H,1,6H2,2H3/b5-4-. The molecule has 8 heavy (non-hydrogen) atoms. The molecule has 0 aromatic heterocycles. The number of nitrogens with two attached hydrogens (primary N) is 1. The largest absolute Gasteiger partial charge is 0.385 e. The van der Waals surface area contributed by atoms with Crippen molar-refractivity contribution in [1.82, 2.24) is 5.32 Å². The first kappa shape index (κ1) is 7.43. The first-order chi connectivity index (χ1) is 3.81. The van der Waals surface area contributed by atoms with Gasteiger partial charge in [0.25, 0.3) is 0 Å². The summed E-state index contributed by atoms with van der Waals surface area (Å²) >= 11 is 1.46. The Bertz CT molecular complexity index is 98.6. The first-order valence-corrected chi connectivity index (χ1v) is 3.15. The summed E-state index contributed by atoms with van der Waals surface area (Å²) < 4.78 is 0. The van der Waals surface area contributed by atoms with Crippen molar-refractivity contribution in [3.05, 3.63) is 23.2 Å². The second kappa shape index (κ2) is 4.59. The Hall–Kier alpha value is -0.570. The molecule has 0 bridgehead atoms. The average Bonchev–Trinajstić information content (AvgIpc) is 1.83. The second-order valence-corrected chi connectivity index (χ2v) is 1.97. The van der Waals surface area contributed by atoms with Crippen LogP contribution in [0.1, 0.15) is 0 Å². The van der Waals surface area contributed by atoms with Gasteiger partial charge in [-0.05, 0) is 5.41 Å². The van der Waals surface area contributed by atoms with Crippen molar-refractivity contribution in [1.29, 1.82) is 0 Å². The molecule has 0 fully saturated rings.